The van der Waals surface area contributed by atoms with E-state index in [4.69, 9.17) is 5.73 Å². The minimum absolute atomic E-state index is 0. The van der Waals surface area contributed by atoms with E-state index in [1.165, 1.54) is 13.5 Å². The molecule has 2 saturated carbocycles. The first-order chi connectivity index (χ1) is 5.15. The number of rotatable bonds is 1. The summed E-state index contributed by atoms with van der Waals surface area (Å²) in [6.45, 7) is 0. The highest BCUT2D eigenvalue weighted by atomic mass is 35.5. The average molecular weight is 192 g/mol. The van der Waals surface area contributed by atoms with Gasteiger partial charge in [-0.25, -0.2) is 0 Å². The topological polar surface area (TPSA) is 52.3 Å². The molecule has 0 radical (unpaired) electrons. The Morgan fingerprint density at radius 2 is 2.08 bits per heavy atom. The average Bonchev–Trinajstić information content (AvgIpc) is 2.56. The fourth-order valence-corrected chi connectivity index (χ4v) is 2.19. The Bertz CT molecular complexity index is 215. The van der Waals surface area contributed by atoms with Gasteiger partial charge >= 0.3 is 5.97 Å². The predicted molar refractivity (Wildman–Crippen MR) is 47.1 cm³/mol. The van der Waals surface area contributed by atoms with Gasteiger partial charge in [-0.2, -0.15) is 0 Å². The van der Waals surface area contributed by atoms with Gasteiger partial charge < -0.3 is 10.5 Å². The van der Waals surface area contributed by atoms with Crippen LogP contribution < -0.4 is 5.73 Å². The van der Waals surface area contributed by atoms with Crippen molar-refractivity contribution >= 4 is 18.4 Å². The van der Waals surface area contributed by atoms with Gasteiger partial charge in [-0.3, -0.25) is 4.79 Å². The van der Waals surface area contributed by atoms with Crippen LogP contribution >= 0.6 is 12.4 Å². The highest BCUT2D eigenvalue weighted by Crippen LogP contribution is 2.67. The number of carbonyl (C=O) groups excluding carboxylic acids is 1. The van der Waals surface area contributed by atoms with E-state index in [1.807, 2.05) is 0 Å². The van der Waals surface area contributed by atoms with Crippen molar-refractivity contribution in [2.24, 2.45) is 11.1 Å². The summed E-state index contributed by atoms with van der Waals surface area (Å²) in [4.78, 5) is 11.2. The molecule has 2 fully saturated rings. The van der Waals surface area contributed by atoms with Crippen LogP contribution in [0, 0.1) is 5.41 Å². The molecule has 0 amide bonds. The third-order valence-electron chi connectivity index (χ3n) is 3.30. The number of ether oxygens (including phenoxy) is 1. The number of carbonyl (C=O) groups is 1. The molecule has 0 aromatic carbocycles. The number of hydrogen-bond donors (Lipinski definition) is 1. The molecule has 4 heteroatoms. The van der Waals surface area contributed by atoms with Crippen molar-refractivity contribution in [1.82, 2.24) is 0 Å². The van der Waals surface area contributed by atoms with Crippen molar-refractivity contribution in [2.45, 2.75) is 31.2 Å². The molecule has 70 valence electrons. The summed E-state index contributed by atoms with van der Waals surface area (Å²) >= 11 is 0. The molecular weight excluding hydrogens is 178 g/mol. The molecule has 0 bridgehead atoms. The van der Waals surface area contributed by atoms with E-state index in [0.717, 1.165) is 19.3 Å². The Labute approximate surface area is 78.1 Å². The van der Waals surface area contributed by atoms with Crippen LogP contribution in [-0.4, -0.2) is 18.6 Å². The summed E-state index contributed by atoms with van der Waals surface area (Å²) < 4.78 is 4.64. The van der Waals surface area contributed by atoms with Gasteiger partial charge in [0.15, 0.2) is 0 Å². The van der Waals surface area contributed by atoms with Gasteiger partial charge in [0.1, 0.15) is 5.54 Å². The second-order valence-corrected chi connectivity index (χ2v) is 3.77. The van der Waals surface area contributed by atoms with E-state index < -0.39 is 5.54 Å². The molecule has 0 heterocycles. The lowest BCUT2D eigenvalue weighted by molar-refractivity contribution is -0.145. The lowest BCUT2D eigenvalue weighted by atomic mass is 9.78. The predicted octanol–water partition coefficient (Wildman–Crippen LogP) is 0.853. The third kappa shape index (κ3) is 0.896. The molecule has 1 spiro atoms. The van der Waals surface area contributed by atoms with E-state index in [-0.39, 0.29) is 23.8 Å². The van der Waals surface area contributed by atoms with Gasteiger partial charge in [-0.15, -0.1) is 12.4 Å². The molecule has 0 aliphatic heterocycles. The lowest BCUT2D eigenvalue weighted by Crippen LogP contribution is -2.42. The number of nitrogens with two attached hydrogens (primary N) is 1. The first-order valence-electron chi connectivity index (χ1n) is 4.02. The standard InChI is InChI=1S/C8H13NO2.ClH/c1-11-6(10)8(9)5-7(8)3-2-4-7;/h2-5,9H2,1H3;1H. The van der Waals surface area contributed by atoms with Crippen LogP contribution in [-0.2, 0) is 9.53 Å². The Balaban J connectivity index is 0.000000720. The van der Waals surface area contributed by atoms with Crippen LogP contribution in [0.25, 0.3) is 0 Å². The van der Waals surface area contributed by atoms with Crippen LogP contribution in [0.3, 0.4) is 0 Å². The SMILES string of the molecule is COC(=O)C1(N)CC12CCC2.Cl. The summed E-state index contributed by atoms with van der Waals surface area (Å²) in [6, 6.07) is 0. The fourth-order valence-electron chi connectivity index (χ4n) is 2.19. The second-order valence-electron chi connectivity index (χ2n) is 3.77. The maximum Gasteiger partial charge on any atom is 0.326 e. The van der Waals surface area contributed by atoms with E-state index in [9.17, 15) is 4.79 Å². The quantitative estimate of drug-likeness (QED) is 0.626. The maximum atomic E-state index is 11.2. The van der Waals surface area contributed by atoms with Crippen molar-refractivity contribution in [1.29, 1.82) is 0 Å². The molecule has 1 atom stereocenters. The smallest absolute Gasteiger partial charge is 0.326 e. The molecule has 2 aliphatic rings. The van der Waals surface area contributed by atoms with Gasteiger partial charge in [0.25, 0.3) is 0 Å². The van der Waals surface area contributed by atoms with Crippen LogP contribution in [0.2, 0.25) is 0 Å². The Kier molecular flexibility index (Phi) is 2.13. The largest absolute Gasteiger partial charge is 0.468 e. The van der Waals surface area contributed by atoms with Crippen molar-refractivity contribution in [3.05, 3.63) is 0 Å². The lowest BCUT2D eigenvalue weighted by Gasteiger charge is -2.29. The number of hydrogen-bond acceptors (Lipinski definition) is 3. The van der Waals surface area contributed by atoms with Crippen LogP contribution in [0.15, 0.2) is 0 Å². The van der Waals surface area contributed by atoms with Crippen molar-refractivity contribution in [2.75, 3.05) is 7.11 Å². The molecule has 2 rings (SSSR count). The summed E-state index contributed by atoms with van der Waals surface area (Å²) in [5.41, 5.74) is 5.41. The van der Waals surface area contributed by atoms with Gasteiger partial charge in [-0.05, 0) is 19.3 Å². The molecular formula is C8H14ClNO2. The van der Waals surface area contributed by atoms with E-state index in [1.54, 1.807) is 0 Å². The molecule has 0 aromatic heterocycles. The van der Waals surface area contributed by atoms with Gasteiger partial charge in [-0.1, -0.05) is 6.42 Å². The molecule has 0 saturated heterocycles. The van der Waals surface area contributed by atoms with Gasteiger partial charge in [0, 0.05) is 5.41 Å². The van der Waals surface area contributed by atoms with Crippen molar-refractivity contribution in [3.8, 4) is 0 Å². The zero-order valence-electron chi connectivity index (χ0n) is 7.13. The van der Waals surface area contributed by atoms with Crippen LogP contribution in [0.5, 0.6) is 0 Å². The zero-order chi connectivity index (χ0) is 8.11. The third-order valence-corrected chi connectivity index (χ3v) is 3.30. The minimum Gasteiger partial charge on any atom is -0.468 e. The molecule has 0 aromatic rings. The Morgan fingerprint density at radius 3 is 2.33 bits per heavy atom. The first kappa shape index (κ1) is 9.81. The van der Waals surface area contributed by atoms with Crippen molar-refractivity contribution < 1.29 is 9.53 Å². The zero-order valence-corrected chi connectivity index (χ0v) is 7.95. The number of methoxy groups -OCH3 is 1. The summed E-state index contributed by atoms with van der Waals surface area (Å²) in [5, 5.41) is 0. The second kappa shape index (κ2) is 2.60. The molecule has 2 N–H and O–H groups in total. The van der Waals surface area contributed by atoms with Crippen LogP contribution in [0.4, 0.5) is 0 Å². The Hall–Kier alpha value is -0.280. The molecule has 3 nitrogen and oxygen atoms in total. The summed E-state index contributed by atoms with van der Waals surface area (Å²) in [5.74, 6) is -0.225. The highest BCUT2D eigenvalue weighted by molar-refractivity contribution is 5.86. The first-order valence-corrected chi connectivity index (χ1v) is 4.02. The van der Waals surface area contributed by atoms with E-state index in [0.29, 0.717) is 0 Å². The summed E-state index contributed by atoms with van der Waals surface area (Å²) in [7, 11) is 1.40. The van der Waals surface area contributed by atoms with Crippen LogP contribution in [0.1, 0.15) is 25.7 Å². The monoisotopic (exact) mass is 191 g/mol. The van der Waals surface area contributed by atoms with Gasteiger partial charge in [0.2, 0.25) is 0 Å². The molecule has 1 unspecified atom stereocenters. The summed E-state index contributed by atoms with van der Waals surface area (Å²) in [6.07, 6.45) is 4.28. The van der Waals surface area contributed by atoms with Crippen molar-refractivity contribution in [3.63, 3.8) is 0 Å². The van der Waals surface area contributed by atoms with Gasteiger partial charge in [0.05, 0.1) is 7.11 Å². The number of esters is 1. The highest BCUT2D eigenvalue weighted by Gasteiger charge is 2.72. The Morgan fingerprint density at radius 1 is 1.50 bits per heavy atom. The molecule has 12 heavy (non-hydrogen) atoms. The molecule has 2 aliphatic carbocycles. The number of halogens is 1. The normalized spacial score (nSPS) is 34.8. The van der Waals surface area contributed by atoms with E-state index in [2.05, 4.69) is 4.74 Å². The minimum atomic E-state index is -0.611. The fraction of sp³-hybridized carbons (Fsp3) is 0.875. The maximum absolute atomic E-state index is 11.2. The van der Waals surface area contributed by atoms with E-state index >= 15 is 0 Å².